The van der Waals surface area contributed by atoms with Crippen LogP contribution < -0.4 is 30.1 Å². The standard InChI is InChI=1S/C88H60N4O2Si.Pt/c1-88(2,3)61-48-49-89-85(53-61)92-80-40-20-18-36-73(80)74-45-43-64(55-81(74)92)93-63-27-22-26-62(54-63)90-57-91-86-69(58-24-8-4-9-25-58)38-23-39-76(86)77-56-68(95(65-28-10-5-11-29-65,66-30-12-6-13-31-66)67-32-14-7-15-33-67)44-46-72(77)70-34-16-17-35-71(70)79-51-60(52-82(90)87(79)91)59-42-47-84-78(50-59)75-37-19-21-41-83(75)94-84;/h4-53,56H,1-3H3;/q-2;/i4D,5D,6D,7D,8D,9D,10D,11D,12D,13D,14D,15D,24D,25D,28D,29D,30D,31D,32D,33D;. The summed E-state index contributed by atoms with van der Waals surface area (Å²) in [7, 11) is -5.84. The predicted molar refractivity (Wildman–Crippen MR) is 390 cm³/mol. The summed E-state index contributed by atoms with van der Waals surface area (Å²) in [6, 6.07) is 45.7. The molecule has 18 rings (SSSR count). The van der Waals surface area contributed by atoms with E-state index in [0.717, 1.165) is 38.2 Å². The van der Waals surface area contributed by atoms with E-state index >= 15 is 0 Å². The maximum Gasteiger partial charge on any atom is 0.268 e. The zero-order chi connectivity index (χ0) is 80.8. The van der Waals surface area contributed by atoms with Crippen molar-refractivity contribution in [3.05, 3.63) is 333 Å². The molecular formula is C88H60N4O2PtSi-2. The van der Waals surface area contributed by atoms with Gasteiger partial charge in [0.15, 0.2) is 8.07 Å². The van der Waals surface area contributed by atoms with Gasteiger partial charge in [-0.1, -0.05) is 256 Å². The Morgan fingerprint density at radius 3 is 1.82 bits per heavy atom. The van der Waals surface area contributed by atoms with Gasteiger partial charge in [-0.3, -0.25) is 4.57 Å². The second-order valence-electron chi connectivity index (χ2n) is 24.3. The van der Waals surface area contributed by atoms with E-state index in [4.69, 9.17) is 19.6 Å². The van der Waals surface area contributed by atoms with Gasteiger partial charge in [0.25, 0.3) is 6.33 Å². The SMILES string of the molecule is [2H]c1c([2H])c([2H])c(-c2cccc3c2-[n+]2[c-]n(-c4[c-]c(Oc5[c-]c6c(cc5)c5ccccc5n6-c5cc(C(C)(C)C)ccn5)ccc4)c4cc(-c5ccc6oc7ccccc7c6c5)cc(c42)-c2ccccc2-c2ccc([Si](c4c([2H])c([2H])c([2H])c([2H])c4[2H])(c4c([2H])c([2H])c([2H])c([2H])c4[2H])c4c([2H])c([2H])c([2H])c([2H])c4[2H])cc2-3)c([2H])c1[2H].[Pt]. The van der Waals surface area contributed by atoms with Gasteiger partial charge in [0.1, 0.15) is 17.0 Å². The number of hydrogen-bond donors (Lipinski definition) is 0. The molecule has 1 aliphatic rings. The second-order valence-corrected chi connectivity index (χ2v) is 27.9. The Balaban J connectivity index is 0.00000968. The fraction of sp³-hybridized carbons (Fsp3) is 0.0455. The van der Waals surface area contributed by atoms with Crippen molar-refractivity contribution in [2.75, 3.05) is 0 Å². The van der Waals surface area contributed by atoms with Crippen molar-refractivity contribution >= 4 is 83.6 Å². The van der Waals surface area contributed by atoms with Crippen LogP contribution in [-0.4, -0.2) is 22.2 Å². The predicted octanol–water partition coefficient (Wildman–Crippen LogP) is 18.8. The number of fused-ring (bicyclic) bond motifs is 13. The summed E-state index contributed by atoms with van der Waals surface area (Å²) in [6.07, 6.45) is 5.52. The molecule has 0 N–H and O–H groups in total. The van der Waals surface area contributed by atoms with Gasteiger partial charge < -0.3 is 18.3 Å². The number of hydrogen-bond acceptors (Lipinski definition) is 3. The van der Waals surface area contributed by atoms with Crippen LogP contribution in [0.3, 0.4) is 0 Å². The number of nitrogens with zero attached hydrogens (tertiary/aromatic N) is 4. The molecule has 0 saturated heterocycles. The third kappa shape index (κ3) is 9.55. The van der Waals surface area contributed by atoms with Gasteiger partial charge in [-0.25, -0.2) is 4.98 Å². The van der Waals surface area contributed by atoms with E-state index < -0.39 is 144 Å². The largest absolute Gasteiger partial charge is 0.510 e. The van der Waals surface area contributed by atoms with Crippen LogP contribution in [0.5, 0.6) is 11.5 Å². The fourth-order valence-corrected chi connectivity index (χ4v) is 17.5. The first-order chi connectivity index (χ1) is 55.0. The molecule has 0 radical (unpaired) electrons. The monoisotopic (exact) mass is 1450 g/mol. The maximum atomic E-state index is 10.0. The molecular weight excluding hydrogens is 1370 g/mol. The van der Waals surface area contributed by atoms with Crippen molar-refractivity contribution in [1.82, 2.24) is 14.1 Å². The molecule has 0 unspecified atom stereocenters. The number of rotatable bonds is 10. The van der Waals surface area contributed by atoms with Crippen molar-refractivity contribution < 1.29 is 62.2 Å². The van der Waals surface area contributed by atoms with E-state index in [-0.39, 0.29) is 65.4 Å². The van der Waals surface area contributed by atoms with Crippen LogP contribution in [0, 0.1) is 18.5 Å². The number of pyridine rings is 1. The third-order valence-electron chi connectivity index (χ3n) is 18.0. The molecule has 17 aromatic rings. The molecule has 8 heteroatoms. The van der Waals surface area contributed by atoms with Crippen LogP contribution in [0.2, 0.25) is 0 Å². The average Bonchev–Trinajstić information content (AvgIpc) is 0.960. The van der Waals surface area contributed by atoms with Gasteiger partial charge in [-0.05, 0) is 141 Å². The van der Waals surface area contributed by atoms with Crippen LogP contribution in [0.15, 0.2) is 313 Å². The summed E-state index contributed by atoms with van der Waals surface area (Å²) in [5.74, 6) is 1.27. The number of benzene rings is 13. The number of imidazole rings is 1. The molecule has 0 fully saturated rings. The molecule has 0 bridgehead atoms. The van der Waals surface area contributed by atoms with E-state index in [2.05, 4.69) is 55.9 Å². The molecule has 0 atom stereocenters. The first-order valence-electron chi connectivity index (χ1n) is 40.8. The van der Waals surface area contributed by atoms with Crippen LogP contribution in [0.25, 0.3) is 128 Å². The van der Waals surface area contributed by atoms with Crippen LogP contribution >= 0.6 is 0 Å². The van der Waals surface area contributed by atoms with Gasteiger partial charge >= 0.3 is 0 Å². The number of aromatic nitrogens is 4. The topological polar surface area (TPSA) is 49.0 Å². The molecule has 96 heavy (non-hydrogen) atoms. The summed E-state index contributed by atoms with van der Waals surface area (Å²) in [4.78, 5) is 4.89. The van der Waals surface area contributed by atoms with Crippen molar-refractivity contribution in [2.24, 2.45) is 0 Å². The van der Waals surface area contributed by atoms with E-state index in [1.807, 2.05) is 121 Å². The summed E-state index contributed by atoms with van der Waals surface area (Å²) < 4.78 is 209. The van der Waals surface area contributed by atoms with Gasteiger partial charge in [-0.2, -0.15) is 18.2 Å². The summed E-state index contributed by atoms with van der Waals surface area (Å²) in [6.45, 7) is 6.44. The van der Waals surface area contributed by atoms with Crippen LogP contribution in [-0.2, 0) is 26.5 Å². The molecule has 460 valence electrons. The molecule has 13 aromatic carbocycles. The van der Waals surface area contributed by atoms with E-state index in [1.54, 1.807) is 51.7 Å². The quantitative estimate of drug-likeness (QED) is 0.0593. The molecule has 0 spiro atoms. The molecule has 4 aromatic heterocycles. The average molecular weight is 1450 g/mol. The first-order valence-corrected chi connectivity index (χ1v) is 32.8. The Bertz CT molecular complexity index is 6890. The van der Waals surface area contributed by atoms with Crippen molar-refractivity contribution in [1.29, 1.82) is 0 Å². The molecule has 1 aliphatic heterocycles. The van der Waals surface area contributed by atoms with E-state index in [1.165, 1.54) is 12.1 Å². The summed E-state index contributed by atoms with van der Waals surface area (Å²) >= 11 is 0. The Morgan fingerprint density at radius 2 is 1.08 bits per heavy atom. The second kappa shape index (κ2) is 23.4. The molecule has 0 aliphatic carbocycles. The zero-order valence-electron chi connectivity index (χ0n) is 71.3. The first kappa shape index (κ1) is 40.8. The molecule has 0 saturated carbocycles. The molecule has 6 nitrogen and oxygen atoms in total. The Hall–Kier alpha value is -11.2. The Kier molecular flexibility index (Phi) is 9.93. The smallest absolute Gasteiger partial charge is 0.268 e. The van der Waals surface area contributed by atoms with Crippen molar-refractivity contribution in [2.45, 2.75) is 26.2 Å². The minimum Gasteiger partial charge on any atom is -0.510 e. The zero-order valence-corrected chi connectivity index (χ0v) is 54.6. The summed E-state index contributed by atoms with van der Waals surface area (Å²) in [5, 5.41) is 1.24. The summed E-state index contributed by atoms with van der Waals surface area (Å²) in [5.41, 5.74) is 8.70. The minimum absolute atomic E-state index is 0. The normalized spacial score (nSPS) is 14.9. The Labute approximate surface area is 600 Å². The van der Waals surface area contributed by atoms with Gasteiger partial charge in [0, 0.05) is 55.1 Å². The third-order valence-corrected chi connectivity index (χ3v) is 22.2. The number of furan rings is 1. The van der Waals surface area contributed by atoms with Gasteiger partial charge in [-0.15, -0.1) is 29.7 Å². The van der Waals surface area contributed by atoms with Crippen LogP contribution in [0.4, 0.5) is 0 Å². The minimum atomic E-state index is -5.84. The number of ether oxygens (including phenoxy) is 1. The van der Waals surface area contributed by atoms with E-state index in [9.17, 15) is 21.9 Å². The van der Waals surface area contributed by atoms with Gasteiger partial charge in [0.05, 0.1) is 44.1 Å². The van der Waals surface area contributed by atoms with E-state index in [0.29, 0.717) is 72.8 Å². The fourth-order valence-electron chi connectivity index (χ4n) is 13.7. The van der Waals surface area contributed by atoms with Crippen molar-refractivity contribution in [3.63, 3.8) is 0 Å². The maximum absolute atomic E-state index is 10.0. The van der Waals surface area contributed by atoms with Gasteiger partial charge in [0.2, 0.25) is 0 Å². The molecule has 5 heterocycles. The number of para-hydroxylation sites is 3. The molecule has 0 amide bonds. The Morgan fingerprint density at radius 1 is 0.458 bits per heavy atom. The van der Waals surface area contributed by atoms with Crippen molar-refractivity contribution in [3.8, 4) is 84.3 Å². The van der Waals surface area contributed by atoms with Crippen LogP contribution in [0.1, 0.15) is 53.7 Å².